The van der Waals surface area contributed by atoms with Gasteiger partial charge in [0.25, 0.3) is 15.9 Å². The third-order valence-electron chi connectivity index (χ3n) is 4.07. The number of halogens is 1. The van der Waals surface area contributed by atoms with E-state index in [2.05, 4.69) is 5.32 Å². The first-order valence-electron chi connectivity index (χ1n) is 8.67. The number of nitrogens with zero attached hydrogens (tertiary/aromatic N) is 1. The van der Waals surface area contributed by atoms with Crippen LogP contribution in [0.3, 0.4) is 0 Å². The molecule has 0 aliphatic heterocycles. The van der Waals surface area contributed by atoms with E-state index in [4.69, 9.17) is 4.74 Å². The molecule has 1 aromatic heterocycles. The molecule has 0 saturated heterocycles. The molecule has 0 saturated carbocycles. The third kappa shape index (κ3) is 5.12. The summed E-state index contributed by atoms with van der Waals surface area (Å²) in [6.45, 7) is 0.502. The van der Waals surface area contributed by atoms with Crippen LogP contribution >= 0.6 is 11.3 Å². The van der Waals surface area contributed by atoms with Crippen molar-refractivity contribution in [1.29, 1.82) is 0 Å². The number of carbonyl (C=O) groups excluding carboxylic acids is 1. The Kier molecular flexibility index (Phi) is 6.50. The minimum atomic E-state index is -3.62. The lowest BCUT2D eigenvalue weighted by Gasteiger charge is -2.18. The Balaban J connectivity index is 1.54. The van der Waals surface area contributed by atoms with Gasteiger partial charge in [-0.1, -0.05) is 6.07 Å². The van der Waals surface area contributed by atoms with Crippen molar-refractivity contribution in [2.45, 2.75) is 4.21 Å². The fourth-order valence-corrected chi connectivity index (χ4v) is 4.83. The second-order valence-corrected chi connectivity index (χ2v) is 9.15. The van der Waals surface area contributed by atoms with Gasteiger partial charge in [-0.2, -0.15) is 0 Å². The molecule has 0 aliphatic carbocycles. The smallest absolute Gasteiger partial charge is 0.273 e. The van der Waals surface area contributed by atoms with Crippen LogP contribution in [-0.4, -0.2) is 34.5 Å². The predicted molar refractivity (Wildman–Crippen MR) is 111 cm³/mol. The number of ether oxygens (including phenoxy) is 1. The Morgan fingerprint density at radius 2 is 1.79 bits per heavy atom. The van der Waals surface area contributed by atoms with Crippen LogP contribution in [0.1, 0.15) is 10.4 Å². The predicted octanol–water partition coefficient (Wildman–Crippen LogP) is 3.52. The fourth-order valence-electron chi connectivity index (χ4n) is 2.47. The molecule has 2 aromatic carbocycles. The number of anilines is 1. The lowest BCUT2D eigenvalue weighted by Crippen LogP contribution is -2.28. The van der Waals surface area contributed by atoms with Gasteiger partial charge in [0, 0.05) is 12.6 Å². The van der Waals surface area contributed by atoms with Crippen LogP contribution in [0.25, 0.3) is 0 Å². The Hall–Kier alpha value is -2.91. The normalized spacial score (nSPS) is 11.1. The van der Waals surface area contributed by atoms with Gasteiger partial charge >= 0.3 is 0 Å². The van der Waals surface area contributed by atoms with Gasteiger partial charge in [-0.05, 0) is 60.0 Å². The Labute approximate surface area is 172 Å². The molecule has 0 bridgehead atoms. The topological polar surface area (TPSA) is 75.7 Å². The van der Waals surface area contributed by atoms with Crippen molar-refractivity contribution < 1.29 is 22.3 Å². The zero-order valence-corrected chi connectivity index (χ0v) is 17.2. The molecule has 0 fully saturated rings. The van der Waals surface area contributed by atoms with Gasteiger partial charge in [-0.25, -0.2) is 12.8 Å². The molecule has 3 rings (SSSR count). The standard InChI is InChI=1S/C20H19FN2O4S2/c1-23(29(25,26)19-3-2-14-28-19)17-8-4-15(5-9-17)20(24)22-12-13-27-18-10-6-16(21)7-11-18/h2-11,14H,12-13H2,1H3,(H,22,24). The molecular weight excluding hydrogens is 415 g/mol. The zero-order valence-electron chi connectivity index (χ0n) is 15.5. The molecule has 1 amide bonds. The van der Waals surface area contributed by atoms with Gasteiger partial charge in [-0.3, -0.25) is 9.10 Å². The van der Waals surface area contributed by atoms with E-state index in [0.717, 1.165) is 11.3 Å². The van der Waals surface area contributed by atoms with E-state index in [1.807, 2.05) is 0 Å². The van der Waals surface area contributed by atoms with Crippen LogP contribution in [0.4, 0.5) is 10.1 Å². The Bertz CT molecular complexity index is 1050. The molecule has 29 heavy (non-hydrogen) atoms. The number of hydrogen-bond donors (Lipinski definition) is 1. The van der Waals surface area contributed by atoms with Gasteiger partial charge in [-0.15, -0.1) is 11.3 Å². The van der Waals surface area contributed by atoms with Crippen molar-refractivity contribution >= 4 is 33.0 Å². The van der Waals surface area contributed by atoms with E-state index in [0.29, 0.717) is 17.0 Å². The van der Waals surface area contributed by atoms with Crippen LogP contribution < -0.4 is 14.4 Å². The molecule has 6 nitrogen and oxygen atoms in total. The van der Waals surface area contributed by atoms with Crippen LogP contribution in [0.5, 0.6) is 5.75 Å². The minimum Gasteiger partial charge on any atom is -0.492 e. The molecule has 0 radical (unpaired) electrons. The summed E-state index contributed by atoms with van der Waals surface area (Å²) < 4.78 is 44.8. The lowest BCUT2D eigenvalue weighted by molar-refractivity contribution is 0.0947. The van der Waals surface area contributed by atoms with E-state index < -0.39 is 10.0 Å². The molecule has 0 atom stereocenters. The van der Waals surface area contributed by atoms with E-state index >= 15 is 0 Å². The average molecular weight is 435 g/mol. The highest BCUT2D eigenvalue weighted by molar-refractivity contribution is 7.94. The summed E-state index contributed by atoms with van der Waals surface area (Å²) in [5, 5.41) is 4.42. The first-order valence-corrected chi connectivity index (χ1v) is 11.0. The van der Waals surface area contributed by atoms with Gasteiger partial charge in [0.2, 0.25) is 0 Å². The highest BCUT2D eigenvalue weighted by Crippen LogP contribution is 2.25. The lowest BCUT2D eigenvalue weighted by atomic mass is 10.2. The van der Waals surface area contributed by atoms with Crippen molar-refractivity contribution in [2.75, 3.05) is 24.5 Å². The number of nitrogens with one attached hydrogen (secondary N) is 1. The van der Waals surface area contributed by atoms with Crippen LogP contribution in [0.2, 0.25) is 0 Å². The monoisotopic (exact) mass is 434 g/mol. The summed E-state index contributed by atoms with van der Waals surface area (Å²) in [7, 11) is -2.15. The van der Waals surface area contributed by atoms with Gasteiger partial charge in [0.15, 0.2) is 0 Å². The first-order chi connectivity index (χ1) is 13.9. The average Bonchev–Trinajstić information content (AvgIpc) is 3.28. The second kappa shape index (κ2) is 9.06. The van der Waals surface area contributed by atoms with Crippen molar-refractivity contribution in [2.24, 2.45) is 0 Å². The van der Waals surface area contributed by atoms with E-state index in [1.165, 1.54) is 35.6 Å². The third-order valence-corrected chi connectivity index (χ3v) is 7.23. The highest BCUT2D eigenvalue weighted by Gasteiger charge is 2.22. The maximum absolute atomic E-state index is 12.8. The van der Waals surface area contributed by atoms with E-state index in [1.54, 1.807) is 41.8 Å². The summed E-state index contributed by atoms with van der Waals surface area (Å²) in [5.41, 5.74) is 0.854. The van der Waals surface area contributed by atoms with Crippen molar-refractivity contribution in [3.05, 3.63) is 77.4 Å². The number of hydrogen-bond acceptors (Lipinski definition) is 5. The number of rotatable bonds is 8. The molecule has 0 aliphatic rings. The molecule has 1 heterocycles. The first kappa shape index (κ1) is 20.8. The zero-order chi connectivity index (χ0) is 20.9. The quantitative estimate of drug-likeness (QED) is 0.551. The van der Waals surface area contributed by atoms with Crippen LogP contribution in [-0.2, 0) is 10.0 Å². The maximum atomic E-state index is 12.8. The number of carbonyl (C=O) groups is 1. The Morgan fingerprint density at radius 3 is 2.41 bits per heavy atom. The maximum Gasteiger partial charge on any atom is 0.273 e. The van der Waals surface area contributed by atoms with Gasteiger partial charge in [0.05, 0.1) is 12.2 Å². The summed E-state index contributed by atoms with van der Waals surface area (Å²) in [5.74, 6) is -0.133. The van der Waals surface area contributed by atoms with Gasteiger partial charge < -0.3 is 10.1 Å². The second-order valence-electron chi connectivity index (χ2n) is 6.01. The largest absolute Gasteiger partial charge is 0.492 e. The number of benzene rings is 2. The van der Waals surface area contributed by atoms with Crippen LogP contribution in [0.15, 0.2) is 70.3 Å². The molecule has 0 spiro atoms. The molecule has 3 aromatic rings. The molecule has 1 N–H and O–H groups in total. The Morgan fingerprint density at radius 1 is 1.10 bits per heavy atom. The number of sulfonamides is 1. The molecular formula is C20H19FN2O4S2. The van der Waals surface area contributed by atoms with E-state index in [-0.39, 0.29) is 29.1 Å². The van der Waals surface area contributed by atoms with Gasteiger partial charge in [0.1, 0.15) is 22.4 Å². The minimum absolute atomic E-state index is 0.233. The molecule has 9 heteroatoms. The van der Waals surface area contributed by atoms with Crippen molar-refractivity contribution in [3.8, 4) is 5.75 Å². The van der Waals surface area contributed by atoms with Crippen LogP contribution in [0, 0.1) is 5.82 Å². The summed E-state index contributed by atoms with van der Waals surface area (Å²) in [6.07, 6.45) is 0. The summed E-state index contributed by atoms with van der Waals surface area (Å²) in [4.78, 5) is 12.2. The fraction of sp³-hybridized carbons (Fsp3) is 0.150. The highest BCUT2D eigenvalue weighted by atomic mass is 32.2. The number of amides is 1. The SMILES string of the molecule is CN(c1ccc(C(=O)NCCOc2ccc(F)cc2)cc1)S(=O)(=O)c1cccs1. The molecule has 0 unspecified atom stereocenters. The van der Waals surface area contributed by atoms with E-state index in [9.17, 15) is 17.6 Å². The number of thiophene rings is 1. The van der Waals surface area contributed by atoms with Crippen molar-refractivity contribution in [3.63, 3.8) is 0 Å². The summed E-state index contributed by atoms with van der Waals surface area (Å²) in [6, 6.07) is 15.1. The summed E-state index contributed by atoms with van der Waals surface area (Å²) >= 11 is 1.15. The molecule has 152 valence electrons. The van der Waals surface area contributed by atoms with Crippen molar-refractivity contribution in [1.82, 2.24) is 5.32 Å².